The van der Waals surface area contributed by atoms with Crippen LogP contribution in [0, 0.1) is 0 Å². The van der Waals surface area contributed by atoms with Crippen LogP contribution in [0.2, 0.25) is 0 Å². The van der Waals surface area contributed by atoms with Crippen molar-refractivity contribution in [3.05, 3.63) is 24.3 Å². The molecule has 0 radical (unpaired) electrons. The molecular formula is C12H20N4O. The van der Waals surface area contributed by atoms with E-state index in [2.05, 4.69) is 22.5 Å². The Hall–Kier alpha value is -1.75. The van der Waals surface area contributed by atoms with Crippen molar-refractivity contribution >= 4 is 17.4 Å². The van der Waals surface area contributed by atoms with Crippen molar-refractivity contribution in [3.63, 3.8) is 0 Å². The lowest BCUT2D eigenvalue weighted by molar-refractivity contribution is 0.250. The Kier molecular flexibility index (Phi) is 5.29. The molecule has 2 amide bonds. The number of amides is 2. The first-order valence-electron chi connectivity index (χ1n) is 5.70. The number of urea groups is 1. The zero-order valence-corrected chi connectivity index (χ0v) is 10.4. The van der Waals surface area contributed by atoms with E-state index in [4.69, 9.17) is 5.73 Å². The highest BCUT2D eigenvalue weighted by molar-refractivity contribution is 5.89. The van der Waals surface area contributed by atoms with Crippen LogP contribution in [0.15, 0.2) is 24.3 Å². The molecule has 5 heteroatoms. The molecule has 1 rings (SSSR count). The molecule has 0 aromatic heterocycles. The lowest BCUT2D eigenvalue weighted by atomic mass is 10.3. The summed E-state index contributed by atoms with van der Waals surface area (Å²) in [6.07, 6.45) is 0. The molecular weight excluding hydrogens is 216 g/mol. The summed E-state index contributed by atoms with van der Waals surface area (Å²) in [5.41, 5.74) is 6.97. The minimum Gasteiger partial charge on any atom is -0.399 e. The number of carbonyl (C=O) groups excluding carboxylic acids is 1. The highest BCUT2D eigenvalue weighted by Crippen LogP contribution is 2.09. The van der Waals surface area contributed by atoms with Crippen LogP contribution in [0.4, 0.5) is 16.2 Å². The Balaban J connectivity index is 2.27. The van der Waals surface area contributed by atoms with Crippen molar-refractivity contribution in [1.82, 2.24) is 10.2 Å². The second-order valence-electron chi connectivity index (χ2n) is 3.90. The maximum Gasteiger partial charge on any atom is 0.319 e. The molecule has 0 aliphatic heterocycles. The fourth-order valence-corrected chi connectivity index (χ4v) is 1.26. The maximum absolute atomic E-state index is 11.5. The van der Waals surface area contributed by atoms with Gasteiger partial charge in [0.15, 0.2) is 0 Å². The molecule has 17 heavy (non-hydrogen) atoms. The zero-order valence-electron chi connectivity index (χ0n) is 10.4. The van der Waals surface area contributed by atoms with Crippen LogP contribution < -0.4 is 16.4 Å². The molecule has 0 bridgehead atoms. The van der Waals surface area contributed by atoms with Gasteiger partial charge in [0.2, 0.25) is 0 Å². The molecule has 0 heterocycles. The first kappa shape index (κ1) is 13.3. The van der Waals surface area contributed by atoms with E-state index in [0.29, 0.717) is 12.2 Å². The summed E-state index contributed by atoms with van der Waals surface area (Å²) < 4.78 is 0. The smallest absolute Gasteiger partial charge is 0.319 e. The Morgan fingerprint density at radius 3 is 2.59 bits per heavy atom. The highest BCUT2D eigenvalue weighted by atomic mass is 16.2. The van der Waals surface area contributed by atoms with E-state index in [-0.39, 0.29) is 6.03 Å². The van der Waals surface area contributed by atoms with Gasteiger partial charge < -0.3 is 21.3 Å². The molecule has 1 aromatic carbocycles. The number of nitrogen functional groups attached to an aromatic ring is 1. The van der Waals surface area contributed by atoms with Gasteiger partial charge in [-0.05, 0) is 37.9 Å². The molecule has 0 fully saturated rings. The monoisotopic (exact) mass is 236 g/mol. The summed E-state index contributed by atoms with van der Waals surface area (Å²) in [5, 5.41) is 5.52. The standard InChI is InChI=1S/C12H20N4O/c1-3-16(2)9-8-14-12(17)15-11-6-4-10(13)5-7-11/h4-7H,3,8-9,13H2,1-2H3,(H2,14,15,17). The van der Waals surface area contributed by atoms with Gasteiger partial charge in [0, 0.05) is 24.5 Å². The normalized spacial score (nSPS) is 10.3. The average molecular weight is 236 g/mol. The summed E-state index contributed by atoms with van der Waals surface area (Å²) in [7, 11) is 2.01. The largest absolute Gasteiger partial charge is 0.399 e. The molecule has 4 N–H and O–H groups in total. The third-order valence-corrected chi connectivity index (χ3v) is 2.49. The van der Waals surface area contributed by atoms with Gasteiger partial charge >= 0.3 is 6.03 Å². The van der Waals surface area contributed by atoms with Crippen LogP contribution in [-0.2, 0) is 0 Å². The van der Waals surface area contributed by atoms with Gasteiger partial charge in [-0.1, -0.05) is 6.92 Å². The van der Waals surface area contributed by atoms with E-state index in [1.165, 1.54) is 0 Å². The molecule has 0 aliphatic rings. The number of nitrogens with one attached hydrogen (secondary N) is 2. The van der Waals surface area contributed by atoms with Crippen molar-refractivity contribution in [3.8, 4) is 0 Å². The second kappa shape index (κ2) is 6.75. The minimum absolute atomic E-state index is 0.195. The van der Waals surface area contributed by atoms with Gasteiger partial charge in [0.25, 0.3) is 0 Å². The topological polar surface area (TPSA) is 70.4 Å². The summed E-state index contributed by atoms with van der Waals surface area (Å²) in [4.78, 5) is 13.6. The molecule has 0 aliphatic carbocycles. The quantitative estimate of drug-likeness (QED) is 0.676. The van der Waals surface area contributed by atoms with Crippen LogP contribution >= 0.6 is 0 Å². The number of hydrogen-bond donors (Lipinski definition) is 3. The molecule has 94 valence electrons. The van der Waals surface area contributed by atoms with Crippen molar-refractivity contribution in [1.29, 1.82) is 0 Å². The number of nitrogens with two attached hydrogens (primary N) is 1. The lowest BCUT2D eigenvalue weighted by Gasteiger charge is -2.14. The van der Waals surface area contributed by atoms with Gasteiger partial charge in [0.1, 0.15) is 0 Å². The third kappa shape index (κ3) is 5.21. The van der Waals surface area contributed by atoms with Gasteiger partial charge in [-0.2, -0.15) is 0 Å². The van der Waals surface area contributed by atoms with E-state index in [1.807, 2.05) is 7.05 Å². The molecule has 0 saturated heterocycles. The predicted octanol–water partition coefficient (Wildman–Crippen LogP) is 1.34. The molecule has 5 nitrogen and oxygen atoms in total. The van der Waals surface area contributed by atoms with Crippen LogP contribution in [0.25, 0.3) is 0 Å². The fraction of sp³-hybridized carbons (Fsp3) is 0.417. The molecule has 0 saturated carbocycles. The number of benzene rings is 1. The Bertz CT molecular complexity index is 350. The van der Waals surface area contributed by atoms with E-state index in [1.54, 1.807) is 24.3 Å². The predicted molar refractivity (Wildman–Crippen MR) is 71.0 cm³/mol. The summed E-state index contributed by atoms with van der Waals surface area (Å²) in [5.74, 6) is 0. The van der Waals surface area contributed by atoms with E-state index in [9.17, 15) is 4.79 Å². The van der Waals surface area contributed by atoms with Crippen LogP contribution in [0.5, 0.6) is 0 Å². The number of anilines is 2. The van der Waals surface area contributed by atoms with E-state index >= 15 is 0 Å². The minimum atomic E-state index is -0.195. The Labute approximate surface area is 102 Å². The summed E-state index contributed by atoms with van der Waals surface area (Å²) in [6.45, 7) is 4.52. The van der Waals surface area contributed by atoms with Crippen LogP contribution in [0.3, 0.4) is 0 Å². The Morgan fingerprint density at radius 2 is 2.00 bits per heavy atom. The maximum atomic E-state index is 11.5. The first-order chi connectivity index (χ1) is 8.11. The van der Waals surface area contributed by atoms with Gasteiger partial charge in [-0.25, -0.2) is 4.79 Å². The lowest BCUT2D eigenvalue weighted by Crippen LogP contribution is -2.35. The molecule has 0 unspecified atom stereocenters. The highest BCUT2D eigenvalue weighted by Gasteiger charge is 2.01. The molecule has 1 aromatic rings. The Morgan fingerprint density at radius 1 is 1.35 bits per heavy atom. The zero-order chi connectivity index (χ0) is 12.7. The first-order valence-corrected chi connectivity index (χ1v) is 5.70. The van der Waals surface area contributed by atoms with E-state index in [0.717, 1.165) is 18.8 Å². The van der Waals surface area contributed by atoms with Gasteiger partial charge in [-0.3, -0.25) is 0 Å². The fourth-order valence-electron chi connectivity index (χ4n) is 1.26. The number of hydrogen-bond acceptors (Lipinski definition) is 3. The number of carbonyl (C=O) groups is 1. The number of nitrogens with zero attached hydrogens (tertiary/aromatic N) is 1. The van der Waals surface area contributed by atoms with Gasteiger partial charge in [0.05, 0.1) is 0 Å². The van der Waals surface area contributed by atoms with Crippen molar-refractivity contribution in [2.45, 2.75) is 6.92 Å². The van der Waals surface area contributed by atoms with Crippen LogP contribution in [0.1, 0.15) is 6.92 Å². The number of likely N-dealkylation sites (N-methyl/N-ethyl adjacent to an activating group) is 1. The summed E-state index contributed by atoms with van der Waals surface area (Å²) >= 11 is 0. The van der Waals surface area contributed by atoms with Crippen molar-refractivity contribution in [2.75, 3.05) is 37.7 Å². The summed E-state index contributed by atoms with van der Waals surface area (Å²) in [6, 6.07) is 6.85. The molecule has 0 atom stereocenters. The molecule has 0 spiro atoms. The van der Waals surface area contributed by atoms with Gasteiger partial charge in [-0.15, -0.1) is 0 Å². The third-order valence-electron chi connectivity index (χ3n) is 2.49. The number of rotatable bonds is 5. The van der Waals surface area contributed by atoms with Crippen LogP contribution in [-0.4, -0.2) is 37.6 Å². The van der Waals surface area contributed by atoms with E-state index < -0.39 is 0 Å². The SMILES string of the molecule is CCN(C)CCNC(=O)Nc1ccc(N)cc1. The van der Waals surface area contributed by atoms with Crippen molar-refractivity contribution in [2.24, 2.45) is 0 Å². The van der Waals surface area contributed by atoms with Crippen molar-refractivity contribution < 1.29 is 4.79 Å². The second-order valence-corrected chi connectivity index (χ2v) is 3.90. The average Bonchev–Trinajstić information content (AvgIpc) is 2.32.